The lowest BCUT2D eigenvalue weighted by Crippen LogP contribution is -2.63. The van der Waals surface area contributed by atoms with Gasteiger partial charge in [0.15, 0.2) is 0 Å². The Kier molecular flexibility index (Phi) is 4.08. The maximum absolute atomic E-state index is 12.2. The Labute approximate surface area is 102 Å². The molecule has 0 unspecified atom stereocenters. The fourth-order valence-electron chi connectivity index (χ4n) is 2.03. The summed E-state index contributed by atoms with van der Waals surface area (Å²) >= 11 is 0. The van der Waals surface area contributed by atoms with Crippen LogP contribution in [0.4, 0.5) is 18.0 Å². The first-order valence-corrected chi connectivity index (χ1v) is 5.55. The molecule has 3 N–H and O–H groups in total. The molecule has 0 heterocycles. The van der Waals surface area contributed by atoms with E-state index in [1.807, 2.05) is 12.2 Å². The highest BCUT2D eigenvalue weighted by Gasteiger charge is 2.45. The lowest BCUT2D eigenvalue weighted by molar-refractivity contribution is -0.176. The zero-order valence-electron chi connectivity index (χ0n) is 9.80. The van der Waals surface area contributed by atoms with E-state index in [2.05, 4.69) is 0 Å². The van der Waals surface area contributed by atoms with Gasteiger partial charge in [-0.05, 0) is 31.6 Å². The van der Waals surface area contributed by atoms with Gasteiger partial charge in [-0.15, -0.1) is 0 Å². The zero-order valence-corrected chi connectivity index (χ0v) is 9.80. The van der Waals surface area contributed by atoms with Gasteiger partial charge < -0.3 is 10.4 Å². The fraction of sp³-hybridized carbons (Fsp3) is 0.800. The van der Waals surface area contributed by atoms with Gasteiger partial charge in [-0.3, -0.25) is 10.1 Å². The monoisotopic (exact) mass is 268 g/mol. The van der Waals surface area contributed by atoms with Crippen LogP contribution in [0.3, 0.4) is 0 Å². The highest BCUT2D eigenvalue weighted by atomic mass is 19.4. The van der Waals surface area contributed by atoms with Gasteiger partial charge in [0.05, 0.1) is 0 Å². The molecule has 0 spiro atoms. The Morgan fingerprint density at radius 3 is 2.11 bits per heavy atom. The number of nitrogens with one attached hydrogen (secondary N) is 2. The Balaban J connectivity index is 2.79. The fourth-order valence-corrected chi connectivity index (χ4v) is 2.03. The van der Waals surface area contributed by atoms with E-state index in [0.717, 1.165) is 0 Å². The molecule has 8 heteroatoms. The standard InChI is InChI=1S/C10H15F3N2O3/c1-6-2-4-9(5-3-6,15-8(17)18)14-7(16)10(11,12)13/h6,15H,2-5H2,1H3,(H,14,16)(H,17,18). The third-order valence-electron chi connectivity index (χ3n) is 3.08. The molecule has 5 nitrogen and oxygen atoms in total. The molecule has 1 saturated carbocycles. The first kappa shape index (κ1) is 14.6. The van der Waals surface area contributed by atoms with Crippen LogP contribution in [0.5, 0.6) is 0 Å². The topological polar surface area (TPSA) is 78.4 Å². The normalized spacial score (nSPS) is 28.6. The van der Waals surface area contributed by atoms with E-state index >= 15 is 0 Å². The van der Waals surface area contributed by atoms with Crippen molar-refractivity contribution in [3.05, 3.63) is 0 Å². The molecule has 0 aliphatic heterocycles. The quantitative estimate of drug-likeness (QED) is 0.669. The summed E-state index contributed by atoms with van der Waals surface area (Å²) in [5.41, 5.74) is -1.51. The largest absolute Gasteiger partial charge is 0.471 e. The minimum absolute atomic E-state index is 0.155. The van der Waals surface area contributed by atoms with Crippen LogP contribution >= 0.6 is 0 Å². The van der Waals surface area contributed by atoms with Crippen molar-refractivity contribution < 1.29 is 27.9 Å². The molecule has 2 amide bonds. The number of amides is 2. The average molecular weight is 268 g/mol. The van der Waals surface area contributed by atoms with Gasteiger partial charge in [0, 0.05) is 0 Å². The first-order valence-electron chi connectivity index (χ1n) is 5.55. The summed E-state index contributed by atoms with van der Waals surface area (Å²) in [7, 11) is 0. The van der Waals surface area contributed by atoms with E-state index in [1.54, 1.807) is 5.32 Å². The smallest absolute Gasteiger partial charge is 0.465 e. The summed E-state index contributed by atoms with van der Waals surface area (Å²) in [4.78, 5) is 21.6. The second kappa shape index (κ2) is 5.03. The summed E-state index contributed by atoms with van der Waals surface area (Å²) in [6.45, 7) is 1.93. The summed E-state index contributed by atoms with van der Waals surface area (Å²) in [5.74, 6) is -1.82. The molecule has 1 fully saturated rings. The Bertz CT molecular complexity index is 336. The maximum atomic E-state index is 12.2. The van der Waals surface area contributed by atoms with Crippen molar-refractivity contribution >= 4 is 12.0 Å². The Morgan fingerprint density at radius 2 is 1.72 bits per heavy atom. The number of hydrogen-bond donors (Lipinski definition) is 3. The highest BCUT2D eigenvalue weighted by molar-refractivity contribution is 5.83. The van der Waals surface area contributed by atoms with E-state index in [4.69, 9.17) is 5.11 Å². The van der Waals surface area contributed by atoms with E-state index < -0.39 is 23.8 Å². The number of carboxylic acid groups (broad SMARTS) is 1. The third kappa shape index (κ3) is 3.78. The predicted molar refractivity (Wildman–Crippen MR) is 55.7 cm³/mol. The highest BCUT2D eigenvalue weighted by Crippen LogP contribution is 2.31. The molecule has 1 rings (SSSR count). The summed E-state index contributed by atoms with van der Waals surface area (Å²) in [5, 5.41) is 12.4. The Hall–Kier alpha value is -1.47. The van der Waals surface area contributed by atoms with Gasteiger partial charge in [-0.1, -0.05) is 6.92 Å². The van der Waals surface area contributed by atoms with Crippen LogP contribution in [0.15, 0.2) is 0 Å². The molecular formula is C10H15F3N2O3. The van der Waals surface area contributed by atoms with Crippen LogP contribution in [0.1, 0.15) is 32.6 Å². The van der Waals surface area contributed by atoms with E-state index in [9.17, 15) is 22.8 Å². The molecule has 0 radical (unpaired) electrons. The van der Waals surface area contributed by atoms with E-state index in [0.29, 0.717) is 18.8 Å². The molecule has 0 saturated heterocycles. The second-order valence-corrected chi connectivity index (χ2v) is 4.65. The molecule has 0 aromatic rings. The lowest BCUT2D eigenvalue weighted by atomic mass is 9.82. The van der Waals surface area contributed by atoms with Crippen LogP contribution < -0.4 is 10.6 Å². The SMILES string of the molecule is CC1CCC(NC(=O)O)(NC(=O)C(F)(F)F)CC1. The number of carbonyl (C=O) groups excluding carboxylic acids is 1. The molecule has 0 atom stereocenters. The number of carbonyl (C=O) groups is 2. The molecule has 18 heavy (non-hydrogen) atoms. The van der Waals surface area contributed by atoms with Crippen molar-refractivity contribution in [2.45, 2.75) is 44.4 Å². The minimum Gasteiger partial charge on any atom is -0.465 e. The van der Waals surface area contributed by atoms with Crippen LogP contribution in [0.2, 0.25) is 0 Å². The van der Waals surface area contributed by atoms with Gasteiger partial charge in [0.1, 0.15) is 5.66 Å². The molecule has 0 bridgehead atoms. The maximum Gasteiger partial charge on any atom is 0.471 e. The molecular weight excluding hydrogens is 253 g/mol. The van der Waals surface area contributed by atoms with Gasteiger partial charge in [-0.2, -0.15) is 13.2 Å². The van der Waals surface area contributed by atoms with Crippen LogP contribution in [0, 0.1) is 5.92 Å². The zero-order chi connectivity index (χ0) is 14.0. The molecule has 104 valence electrons. The Morgan fingerprint density at radius 1 is 1.22 bits per heavy atom. The summed E-state index contributed by atoms with van der Waals surface area (Å²) < 4.78 is 36.6. The molecule has 1 aliphatic rings. The van der Waals surface area contributed by atoms with Gasteiger partial charge in [-0.25, -0.2) is 4.79 Å². The van der Waals surface area contributed by atoms with E-state index in [-0.39, 0.29) is 12.8 Å². The van der Waals surface area contributed by atoms with E-state index in [1.165, 1.54) is 0 Å². The van der Waals surface area contributed by atoms with Crippen molar-refractivity contribution in [3.63, 3.8) is 0 Å². The molecule has 0 aromatic carbocycles. The number of halogens is 3. The number of hydrogen-bond acceptors (Lipinski definition) is 2. The van der Waals surface area contributed by atoms with Crippen molar-refractivity contribution in [3.8, 4) is 0 Å². The van der Waals surface area contributed by atoms with Crippen molar-refractivity contribution in [2.24, 2.45) is 5.92 Å². The summed E-state index contributed by atoms with van der Waals surface area (Å²) in [6.07, 6.45) is -5.05. The van der Waals surface area contributed by atoms with Crippen LogP contribution in [0.25, 0.3) is 0 Å². The predicted octanol–water partition coefficient (Wildman–Crippen LogP) is 1.84. The van der Waals surface area contributed by atoms with Crippen LogP contribution in [-0.4, -0.2) is 28.9 Å². The van der Waals surface area contributed by atoms with Crippen molar-refractivity contribution in [1.82, 2.24) is 10.6 Å². The number of rotatable bonds is 2. The third-order valence-corrected chi connectivity index (χ3v) is 3.08. The van der Waals surface area contributed by atoms with Crippen molar-refractivity contribution in [2.75, 3.05) is 0 Å². The molecule has 0 aromatic heterocycles. The first-order chi connectivity index (χ1) is 8.15. The van der Waals surface area contributed by atoms with Gasteiger partial charge in [0.25, 0.3) is 0 Å². The second-order valence-electron chi connectivity index (χ2n) is 4.65. The summed E-state index contributed by atoms with van der Waals surface area (Å²) in [6, 6.07) is 0. The van der Waals surface area contributed by atoms with Gasteiger partial charge >= 0.3 is 18.2 Å². The minimum atomic E-state index is -5.02. The molecule has 1 aliphatic carbocycles. The lowest BCUT2D eigenvalue weighted by Gasteiger charge is -2.39. The van der Waals surface area contributed by atoms with Crippen molar-refractivity contribution in [1.29, 1.82) is 0 Å². The van der Waals surface area contributed by atoms with Gasteiger partial charge in [0.2, 0.25) is 0 Å². The number of alkyl halides is 3. The average Bonchev–Trinajstić information content (AvgIpc) is 2.20. The van der Waals surface area contributed by atoms with Crippen LogP contribution in [-0.2, 0) is 4.79 Å².